The molecule has 0 radical (unpaired) electrons. The van der Waals surface area contributed by atoms with E-state index in [0.717, 1.165) is 11.3 Å². The SMILES string of the molecule is CNC(c1ccc(OC)cc1Cl)c1ccccc1I. The molecule has 0 saturated heterocycles. The Bertz CT molecular complexity index is 574. The summed E-state index contributed by atoms with van der Waals surface area (Å²) < 4.78 is 6.40. The van der Waals surface area contributed by atoms with Crippen molar-refractivity contribution in [3.8, 4) is 5.75 Å². The van der Waals surface area contributed by atoms with Crippen molar-refractivity contribution in [1.29, 1.82) is 0 Å². The Labute approximate surface area is 132 Å². The molecule has 0 heterocycles. The number of ether oxygens (including phenoxy) is 1. The van der Waals surface area contributed by atoms with E-state index in [2.05, 4.69) is 40.0 Å². The molecule has 2 aromatic carbocycles. The first-order chi connectivity index (χ1) is 9.17. The topological polar surface area (TPSA) is 21.3 Å². The van der Waals surface area contributed by atoms with Gasteiger partial charge in [0.25, 0.3) is 0 Å². The van der Waals surface area contributed by atoms with Crippen LogP contribution in [0.4, 0.5) is 0 Å². The minimum atomic E-state index is 0.0755. The van der Waals surface area contributed by atoms with Crippen LogP contribution in [-0.4, -0.2) is 14.2 Å². The number of nitrogens with one attached hydrogen (secondary N) is 1. The number of methoxy groups -OCH3 is 1. The Morgan fingerprint density at radius 2 is 1.89 bits per heavy atom. The third-order valence-electron chi connectivity index (χ3n) is 3.02. The Morgan fingerprint density at radius 1 is 1.16 bits per heavy atom. The summed E-state index contributed by atoms with van der Waals surface area (Å²) in [5.74, 6) is 0.770. The second-order valence-corrected chi connectivity index (χ2v) is 5.70. The van der Waals surface area contributed by atoms with Gasteiger partial charge in [0, 0.05) is 8.59 Å². The lowest BCUT2D eigenvalue weighted by Gasteiger charge is -2.20. The van der Waals surface area contributed by atoms with Gasteiger partial charge in [-0.2, -0.15) is 0 Å². The van der Waals surface area contributed by atoms with E-state index >= 15 is 0 Å². The van der Waals surface area contributed by atoms with E-state index in [1.165, 1.54) is 9.13 Å². The van der Waals surface area contributed by atoms with Crippen molar-refractivity contribution in [2.24, 2.45) is 0 Å². The van der Waals surface area contributed by atoms with Crippen LogP contribution in [0, 0.1) is 3.57 Å². The molecule has 19 heavy (non-hydrogen) atoms. The van der Waals surface area contributed by atoms with Crippen LogP contribution in [0.25, 0.3) is 0 Å². The normalized spacial score (nSPS) is 12.2. The molecule has 1 atom stereocenters. The van der Waals surface area contributed by atoms with Gasteiger partial charge in [-0.3, -0.25) is 0 Å². The van der Waals surface area contributed by atoms with Crippen molar-refractivity contribution in [2.45, 2.75) is 6.04 Å². The predicted molar refractivity (Wildman–Crippen MR) is 88.1 cm³/mol. The van der Waals surface area contributed by atoms with Crippen LogP contribution in [0.3, 0.4) is 0 Å². The van der Waals surface area contributed by atoms with E-state index in [1.807, 2.05) is 37.4 Å². The predicted octanol–water partition coefficient (Wildman–Crippen LogP) is 4.26. The first-order valence-corrected chi connectivity index (χ1v) is 7.38. The van der Waals surface area contributed by atoms with Gasteiger partial charge in [-0.1, -0.05) is 35.9 Å². The van der Waals surface area contributed by atoms with Crippen LogP contribution < -0.4 is 10.1 Å². The maximum absolute atomic E-state index is 6.36. The summed E-state index contributed by atoms with van der Waals surface area (Å²) in [5.41, 5.74) is 2.27. The van der Waals surface area contributed by atoms with Crippen molar-refractivity contribution in [1.82, 2.24) is 5.32 Å². The fourth-order valence-corrected chi connectivity index (χ4v) is 3.04. The summed E-state index contributed by atoms with van der Waals surface area (Å²) in [6.45, 7) is 0. The average Bonchev–Trinajstić information content (AvgIpc) is 2.43. The molecule has 0 aliphatic carbocycles. The molecule has 0 aliphatic rings. The van der Waals surface area contributed by atoms with Gasteiger partial charge in [-0.15, -0.1) is 0 Å². The molecule has 0 amide bonds. The van der Waals surface area contributed by atoms with Crippen LogP contribution in [0.15, 0.2) is 42.5 Å². The van der Waals surface area contributed by atoms with Gasteiger partial charge >= 0.3 is 0 Å². The molecule has 0 saturated carbocycles. The van der Waals surface area contributed by atoms with E-state index in [-0.39, 0.29) is 6.04 Å². The number of rotatable bonds is 4. The van der Waals surface area contributed by atoms with E-state index < -0.39 is 0 Å². The fraction of sp³-hybridized carbons (Fsp3) is 0.200. The lowest BCUT2D eigenvalue weighted by atomic mass is 9.99. The molecule has 0 aliphatic heterocycles. The number of hydrogen-bond acceptors (Lipinski definition) is 2. The lowest BCUT2D eigenvalue weighted by molar-refractivity contribution is 0.414. The Morgan fingerprint density at radius 3 is 2.47 bits per heavy atom. The van der Waals surface area contributed by atoms with Crippen LogP contribution in [-0.2, 0) is 0 Å². The van der Waals surface area contributed by atoms with E-state index in [4.69, 9.17) is 16.3 Å². The van der Waals surface area contributed by atoms with Gasteiger partial charge in [0.2, 0.25) is 0 Å². The maximum Gasteiger partial charge on any atom is 0.120 e. The van der Waals surface area contributed by atoms with E-state index in [1.54, 1.807) is 7.11 Å². The minimum absolute atomic E-state index is 0.0755. The monoisotopic (exact) mass is 387 g/mol. The summed E-state index contributed by atoms with van der Waals surface area (Å²) in [7, 11) is 3.58. The largest absolute Gasteiger partial charge is 0.497 e. The molecule has 0 bridgehead atoms. The van der Waals surface area contributed by atoms with Crippen LogP contribution in [0.5, 0.6) is 5.75 Å². The molecule has 0 aromatic heterocycles. The van der Waals surface area contributed by atoms with Crippen molar-refractivity contribution in [3.63, 3.8) is 0 Å². The third-order valence-corrected chi connectivity index (χ3v) is 4.33. The van der Waals surface area contributed by atoms with Gasteiger partial charge in [-0.25, -0.2) is 0 Å². The standard InChI is InChI=1S/C15H15ClINO/c1-18-15(12-5-3-4-6-14(12)17)11-8-7-10(19-2)9-13(11)16/h3-9,15,18H,1-2H3. The third kappa shape index (κ3) is 3.22. The van der Waals surface area contributed by atoms with Crippen molar-refractivity contribution >= 4 is 34.2 Å². The van der Waals surface area contributed by atoms with E-state index in [9.17, 15) is 0 Å². The molecular formula is C15H15ClINO. The van der Waals surface area contributed by atoms with Gasteiger partial charge in [0.05, 0.1) is 13.2 Å². The number of halogens is 2. The highest BCUT2D eigenvalue weighted by atomic mass is 127. The van der Waals surface area contributed by atoms with Crippen molar-refractivity contribution in [3.05, 3.63) is 62.2 Å². The van der Waals surface area contributed by atoms with E-state index in [0.29, 0.717) is 5.02 Å². The first-order valence-electron chi connectivity index (χ1n) is 5.92. The van der Waals surface area contributed by atoms with Gasteiger partial charge < -0.3 is 10.1 Å². The highest BCUT2D eigenvalue weighted by Crippen LogP contribution is 2.32. The summed E-state index contributed by atoms with van der Waals surface area (Å²) in [4.78, 5) is 0. The number of hydrogen-bond donors (Lipinski definition) is 1. The molecule has 2 aromatic rings. The smallest absolute Gasteiger partial charge is 0.120 e. The Kier molecular flexibility index (Phi) is 5.07. The van der Waals surface area contributed by atoms with Crippen LogP contribution in [0.1, 0.15) is 17.2 Å². The Balaban J connectivity index is 2.46. The molecule has 4 heteroatoms. The zero-order chi connectivity index (χ0) is 13.8. The average molecular weight is 388 g/mol. The summed E-state index contributed by atoms with van der Waals surface area (Å²) in [6, 6.07) is 14.1. The van der Waals surface area contributed by atoms with Gasteiger partial charge in [-0.05, 0) is 59.0 Å². The highest BCUT2D eigenvalue weighted by molar-refractivity contribution is 14.1. The van der Waals surface area contributed by atoms with Crippen molar-refractivity contribution in [2.75, 3.05) is 14.2 Å². The molecule has 2 nitrogen and oxygen atoms in total. The first kappa shape index (κ1) is 14.6. The molecule has 0 fully saturated rings. The zero-order valence-electron chi connectivity index (χ0n) is 10.8. The second kappa shape index (κ2) is 6.59. The minimum Gasteiger partial charge on any atom is -0.497 e. The second-order valence-electron chi connectivity index (χ2n) is 4.13. The lowest BCUT2D eigenvalue weighted by Crippen LogP contribution is -2.19. The number of benzene rings is 2. The van der Waals surface area contributed by atoms with Crippen LogP contribution >= 0.6 is 34.2 Å². The van der Waals surface area contributed by atoms with Crippen molar-refractivity contribution < 1.29 is 4.74 Å². The molecule has 1 unspecified atom stereocenters. The Hall–Kier alpha value is -0.780. The molecule has 100 valence electrons. The van der Waals surface area contributed by atoms with Gasteiger partial charge in [0.1, 0.15) is 5.75 Å². The molecule has 0 spiro atoms. The molecular weight excluding hydrogens is 373 g/mol. The fourth-order valence-electron chi connectivity index (χ4n) is 2.06. The van der Waals surface area contributed by atoms with Crippen LogP contribution in [0.2, 0.25) is 5.02 Å². The highest BCUT2D eigenvalue weighted by Gasteiger charge is 2.17. The quantitative estimate of drug-likeness (QED) is 0.792. The maximum atomic E-state index is 6.36. The molecule has 1 N–H and O–H groups in total. The summed E-state index contributed by atoms with van der Waals surface area (Å²) in [5, 5.41) is 4.03. The van der Waals surface area contributed by atoms with Gasteiger partial charge in [0.15, 0.2) is 0 Å². The summed E-state index contributed by atoms with van der Waals surface area (Å²) >= 11 is 8.71. The molecule has 2 rings (SSSR count). The summed E-state index contributed by atoms with van der Waals surface area (Å²) in [6.07, 6.45) is 0. The zero-order valence-corrected chi connectivity index (χ0v) is 13.7.